The van der Waals surface area contributed by atoms with Crippen molar-refractivity contribution in [3.63, 3.8) is 0 Å². The molecule has 1 saturated heterocycles. The van der Waals surface area contributed by atoms with Crippen LogP contribution in [-0.2, 0) is 4.74 Å². The number of aromatic nitrogens is 2. The lowest BCUT2D eigenvalue weighted by molar-refractivity contribution is 0.00822. The van der Waals surface area contributed by atoms with Crippen LogP contribution < -0.4 is 4.74 Å². The van der Waals surface area contributed by atoms with Crippen LogP contribution in [0.3, 0.4) is 0 Å². The van der Waals surface area contributed by atoms with Gasteiger partial charge in [0.15, 0.2) is 5.16 Å². The molecule has 2 heterocycles. The summed E-state index contributed by atoms with van der Waals surface area (Å²) in [5.74, 6) is 0.604. The van der Waals surface area contributed by atoms with Crippen LogP contribution in [0.15, 0.2) is 17.4 Å². The monoisotopic (exact) mass is 367 g/mol. The zero-order valence-corrected chi connectivity index (χ0v) is 16.5. The Kier molecular flexibility index (Phi) is 7.35. The Morgan fingerprint density at radius 3 is 2.92 bits per heavy atom. The van der Waals surface area contributed by atoms with Gasteiger partial charge in [-0.2, -0.15) is 4.98 Å². The highest BCUT2D eigenvalue weighted by atomic mass is 32.2. The first-order chi connectivity index (χ1) is 11.9. The highest BCUT2D eigenvalue weighted by Gasteiger charge is 2.30. The smallest absolute Gasteiger partial charge is 0.410 e. The summed E-state index contributed by atoms with van der Waals surface area (Å²) < 4.78 is 11.3. The van der Waals surface area contributed by atoms with E-state index in [4.69, 9.17) is 9.47 Å². The molecule has 25 heavy (non-hydrogen) atoms. The molecule has 1 atom stereocenters. The van der Waals surface area contributed by atoms with E-state index in [-0.39, 0.29) is 12.1 Å². The Morgan fingerprint density at radius 1 is 1.40 bits per heavy atom. The van der Waals surface area contributed by atoms with Crippen molar-refractivity contribution in [2.24, 2.45) is 0 Å². The van der Waals surface area contributed by atoms with E-state index in [1.807, 2.05) is 31.9 Å². The van der Waals surface area contributed by atoms with Crippen LogP contribution in [0, 0.1) is 0 Å². The van der Waals surface area contributed by atoms with Gasteiger partial charge in [-0.15, -0.1) is 0 Å². The standard InChI is InChI=1S/C18H29N3O3S/c1-18(2,3)24-17(22)21-12-6-5-8-14(21)9-7-13-23-15-10-11-19-16(20-15)25-4/h10-11,14H,5-9,12-13H2,1-4H3/t14-/m0/s1. The van der Waals surface area contributed by atoms with E-state index in [1.54, 1.807) is 12.3 Å². The number of amides is 1. The van der Waals surface area contributed by atoms with Gasteiger partial charge in [-0.1, -0.05) is 11.8 Å². The van der Waals surface area contributed by atoms with Gasteiger partial charge in [-0.05, 0) is 59.1 Å². The third-order valence-electron chi connectivity index (χ3n) is 3.98. The number of piperidine rings is 1. The Morgan fingerprint density at radius 2 is 2.20 bits per heavy atom. The molecule has 1 aliphatic heterocycles. The Bertz CT molecular complexity index is 563. The highest BCUT2D eigenvalue weighted by molar-refractivity contribution is 7.98. The number of nitrogens with zero attached hydrogens (tertiary/aromatic N) is 3. The molecule has 1 aliphatic rings. The molecule has 6 nitrogen and oxygen atoms in total. The third kappa shape index (κ3) is 6.72. The quantitative estimate of drug-likeness (QED) is 0.428. The SMILES string of the molecule is CSc1nccc(OCCC[C@@H]2CCCCN2C(=O)OC(C)(C)C)n1. The van der Waals surface area contributed by atoms with Crippen molar-refractivity contribution in [3.8, 4) is 5.88 Å². The molecule has 0 unspecified atom stereocenters. The number of hydrogen-bond donors (Lipinski definition) is 0. The molecule has 0 bridgehead atoms. The van der Waals surface area contributed by atoms with E-state index in [1.165, 1.54) is 11.8 Å². The molecule has 0 aromatic carbocycles. The van der Waals surface area contributed by atoms with Crippen molar-refractivity contribution in [1.29, 1.82) is 0 Å². The average molecular weight is 368 g/mol. The first-order valence-electron chi connectivity index (χ1n) is 8.88. The first-order valence-corrected chi connectivity index (χ1v) is 10.1. The summed E-state index contributed by atoms with van der Waals surface area (Å²) in [7, 11) is 0. The summed E-state index contributed by atoms with van der Waals surface area (Å²) in [4.78, 5) is 22.7. The average Bonchev–Trinajstić information content (AvgIpc) is 2.58. The van der Waals surface area contributed by atoms with Gasteiger partial charge in [-0.25, -0.2) is 9.78 Å². The Hall–Kier alpha value is -1.50. The van der Waals surface area contributed by atoms with Crippen LogP contribution in [0.1, 0.15) is 52.9 Å². The maximum atomic E-state index is 12.4. The van der Waals surface area contributed by atoms with Gasteiger partial charge in [0, 0.05) is 24.8 Å². The summed E-state index contributed by atoms with van der Waals surface area (Å²) in [5.41, 5.74) is -0.454. The molecule has 1 amide bonds. The lowest BCUT2D eigenvalue weighted by atomic mass is 9.98. The fourth-order valence-corrected chi connectivity index (χ4v) is 3.21. The van der Waals surface area contributed by atoms with Crippen molar-refractivity contribution >= 4 is 17.9 Å². The molecule has 0 spiro atoms. The van der Waals surface area contributed by atoms with Crippen LogP contribution in [0.2, 0.25) is 0 Å². The maximum Gasteiger partial charge on any atom is 0.410 e. The molecule has 0 aliphatic carbocycles. The molecule has 140 valence electrons. The third-order valence-corrected chi connectivity index (χ3v) is 4.54. The zero-order chi connectivity index (χ0) is 18.3. The van der Waals surface area contributed by atoms with Crippen LogP contribution in [-0.4, -0.2) is 52.0 Å². The number of rotatable bonds is 6. The predicted octanol–water partition coefficient (Wildman–Crippen LogP) is 4.15. The summed E-state index contributed by atoms with van der Waals surface area (Å²) >= 11 is 1.49. The van der Waals surface area contributed by atoms with Gasteiger partial charge >= 0.3 is 6.09 Å². The Labute approximate surface area is 154 Å². The van der Waals surface area contributed by atoms with Crippen LogP contribution in [0.5, 0.6) is 5.88 Å². The van der Waals surface area contributed by atoms with Crippen molar-refractivity contribution < 1.29 is 14.3 Å². The molecular formula is C18H29N3O3S. The number of ether oxygens (including phenoxy) is 2. The minimum Gasteiger partial charge on any atom is -0.478 e. The largest absolute Gasteiger partial charge is 0.478 e. The lowest BCUT2D eigenvalue weighted by Gasteiger charge is -2.36. The fourth-order valence-electron chi connectivity index (χ4n) is 2.86. The second kappa shape index (κ2) is 9.27. The summed E-state index contributed by atoms with van der Waals surface area (Å²) in [6.07, 6.45) is 8.48. The molecule has 1 aromatic heterocycles. The van der Waals surface area contributed by atoms with Gasteiger partial charge < -0.3 is 14.4 Å². The number of likely N-dealkylation sites (tertiary alicyclic amines) is 1. The normalized spacial score (nSPS) is 18.1. The second-order valence-corrected chi connectivity index (χ2v) is 7.97. The minimum absolute atomic E-state index is 0.196. The number of hydrogen-bond acceptors (Lipinski definition) is 6. The van der Waals surface area contributed by atoms with Crippen molar-refractivity contribution in [1.82, 2.24) is 14.9 Å². The lowest BCUT2D eigenvalue weighted by Crippen LogP contribution is -2.46. The van der Waals surface area contributed by atoms with Gasteiger partial charge in [0.1, 0.15) is 5.60 Å². The fraction of sp³-hybridized carbons (Fsp3) is 0.722. The van der Waals surface area contributed by atoms with Crippen LogP contribution >= 0.6 is 11.8 Å². The van der Waals surface area contributed by atoms with Crippen molar-refractivity contribution in [2.45, 2.75) is 69.7 Å². The molecule has 0 N–H and O–H groups in total. The topological polar surface area (TPSA) is 64.5 Å². The predicted molar refractivity (Wildman–Crippen MR) is 99.1 cm³/mol. The van der Waals surface area contributed by atoms with E-state index >= 15 is 0 Å². The van der Waals surface area contributed by atoms with E-state index in [0.717, 1.165) is 38.6 Å². The number of carbonyl (C=O) groups excluding carboxylic acids is 1. The molecule has 7 heteroatoms. The van der Waals surface area contributed by atoms with E-state index in [0.29, 0.717) is 17.6 Å². The maximum absolute atomic E-state index is 12.4. The van der Waals surface area contributed by atoms with Crippen LogP contribution in [0.4, 0.5) is 4.79 Å². The molecular weight excluding hydrogens is 338 g/mol. The van der Waals surface area contributed by atoms with Gasteiger partial charge in [0.2, 0.25) is 5.88 Å². The van der Waals surface area contributed by atoms with Gasteiger partial charge in [0.25, 0.3) is 0 Å². The molecule has 1 fully saturated rings. The van der Waals surface area contributed by atoms with Gasteiger partial charge in [0.05, 0.1) is 6.61 Å². The Balaban J connectivity index is 1.80. The summed E-state index contributed by atoms with van der Waals surface area (Å²) in [5, 5.41) is 0.709. The van der Waals surface area contributed by atoms with E-state index in [2.05, 4.69) is 9.97 Å². The summed E-state index contributed by atoms with van der Waals surface area (Å²) in [6, 6.07) is 2.01. The molecule has 1 aromatic rings. The molecule has 0 saturated carbocycles. The first kappa shape index (κ1) is 19.8. The van der Waals surface area contributed by atoms with Gasteiger partial charge in [-0.3, -0.25) is 0 Å². The van der Waals surface area contributed by atoms with Crippen molar-refractivity contribution in [2.75, 3.05) is 19.4 Å². The number of carbonyl (C=O) groups is 1. The summed E-state index contributed by atoms with van der Waals surface area (Å²) in [6.45, 7) is 7.08. The second-order valence-electron chi connectivity index (χ2n) is 7.20. The number of thioether (sulfide) groups is 1. The minimum atomic E-state index is -0.454. The molecule has 2 rings (SSSR count). The zero-order valence-electron chi connectivity index (χ0n) is 15.7. The van der Waals surface area contributed by atoms with E-state index in [9.17, 15) is 4.79 Å². The highest BCUT2D eigenvalue weighted by Crippen LogP contribution is 2.23. The van der Waals surface area contributed by atoms with Crippen molar-refractivity contribution in [3.05, 3.63) is 12.3 Å². The van der Waals surface area contributed by atoms with Crippen LogP contribution in [0.25, 0.3) is 0 Å². The molecule has 0 radical (unpaired) electrons. The van der Waals surface area contributed by atoms with E-state index < -0.39 is 5.60 Å².